The molecular weight excluding hydrogens is 394 g/mol. The number of benzene rings is 2. The maximum atomic E-state index is 11.7. The van der Waals surface area contributed by atoms with E-state index in [0.717, 1.165) is 11.8 Å². The third kappa shape index (κ3) is 4.30. The first-order valence-electron chi connectivity index (χ1n) is 9.03. The monoisotopic (exact) mass is 415 g/mol. The molecule has 0 aliphatic rings. The number of ether oxygens (including phenoxy) is 3. The second kappa shape index (κ2) is 8.87. The summed E-state index contributed by atoms with van der Waals surface area (Å²) in [5.74, 6) is 2.25. The average molecular weight is 416 g/mol. The van der Waals surface area contributed by atoms with Crippen LogP contribution in [-0.2, 0) is 0 Å². The third-order valence-electron chi connectivity index (χ3n) is 4.36. The standard InChI is InChI=1S/C21H22ClN3O4/c1-4-9-25(21(23)26)17-6-5-13(10-15(17)22)29-18-7-8-24-16-12-20(28-3)19(27-2)11-14(16)18/h5-8,10-12H,4,9H2,1-3H3,(H2,23,26). The summed E-state index contributed by atoms with van der Waals surface area (Å²) >= 11 is 6.40. The number of fused-ring (bicyclic) bond motifs is 1. The third-order valence-corrected chi connectivity index (χ3v) is 4.66. The predicted octanol–water partition coefficient (Wildman–Crippen LogP) is 4.99. The molecule has 0 radical (unpaired) electrons. The zero-order valence-electron chi connectivity index (χ0n) is 16.4. The maximum Gasteiger partial charge on any atom is 0.319 e. The van der Waals surface area contributed by atoms with Crippen molar-refractivity contribution in [3.05, 3.63) is 47.6 Å². The van der Waals surface area contributed by atoms with Crippen molar-refractivity contribution in [3.63, 3.8) is 0 Å². The summed E-state index contributed by atoms with van der Waals surface area (Å²) < 4.78 is 16.7. The molecule has 1 heterocycles. The number of amides is 2. The van der Waals surface area contributed by atoms with Crippen molar-refractivity contribution in [1.82, 2.24) is 4.98 Å². The number of anilines is 1. The lowest BCUT2D eigenvalue weighted by molar-refractivity contribution is 0.254. The van der Waals surface area contributed by atoms with Crippen molar-refractivity contribution < 1.29 is 19.0 Å². The van der Waals surface area contributed by atoms with Gasteiger partial charge >= 0.3 is 6.03 Å². The smallest absolute Gasteiger partial charge is 0.319 e. The Kier molecular flexibility index (Phi) is 6.29. The van der Waals surface area contributed by atoms with Gasteiger partial charge in [-0.05, 0) is 30.7 Å². The fourth-order valence-electron chi connectivity index (χ4n) is 3.01. The van der Waals surface area contributed by atoms with Crippen LogP contribution in [0.2, 0.25) is 5.02 Å². The van der Waals surface area contributed by atoms with Crippen LogP contribution in [0.4, 0.5) is 10.5 Å². The number of nitrogens with zero attached hydrogens (tertiary/aromatic N) is 2. The average Bonchev–Trinajstić information content (AvgIpc) is 2.71. The van der Waals surface area contributed by atoms with Crippen LogP contribution >= 0.6 is 11.6 Å². The summed E-state index contributed by atoms with van der Waals surface area (Å²) in [7, 11) is 3.14. The van der Waals surface area contributed by atoms with E-state index in [2.05, 4.69) is 4.98 Å². The number of carbonyl (C=O) groups excluding carboxylic acids is 1. The van der Waals surface area contributed by atoms with Crippen LogP contribution in [0.3, 0.4) is 0 Å². The van der Waals surface area contributed by atoms with Gasteiger partial charge in [0, 0.05) is 30.3 Å². The van der Waals surface area contributed by atoms with Crippen molar-refractivity contribution in [2.45, 2.75) is 13.3 Å². The van der Waals surface area contributed by atoms with Crippen molar-refractivity contribution in [3.8, 4) is 23.0 Å². The zero-order chi connectivity index (χ0) is 21.0. The molecule has 2 aromatic carbocycles. The summed E-state index contributed by atoms with van der Waals surface area (Å²) in [6, 6.07) is 9.89. The van der Waals surface area contributed by atoms with Gasteiger partial charge in [0.15, 0.2) is 11.5 Å². The lowest BCUT2D eigenvalue weighted by Crippen LogP contribution is -2.36. The molecule has 3 aromatic rings. The Labute approximate surface area is 173 Å². The van der Waals surface area contributed by atoms with Crippen LogP contribution < -0.4 is 24.8 Å². The first-order valence-corrected chi connectivity index (χ1v) is 9.41. The van der Waals surface area contributed by atoms with Gasteiger partial charge in [0.05, 0.1) is 30.4 Å². The summed E-state index contributed by atoms with van der Waals surface area (Å²) in [5.41, 5.74) is 6.71. The number of hydrogen-bond acceptors (Lipinski definition) is 5. The van der Waals surface area contributed by atoms with Gasteiger partial charge < -0.3 is 19.9 Å². The van der Waals surface area contributed by atoms with E-state index in [0.29, 0.717) is 45.8 Å². The van der Waals surface area contributed by atoms with Gasteiger partial charge in [-0.25, -0.2) is 4.79 Å². The van der Waals surface area contributed by atoms with Gasteiger partial charge in [0.25, 0.3) is 0 Å². The predicted molar refractivity (Wildman–Crippen MR) is 114 cm³/mol. The minimum atomic E-state index is -0.552. The fourth-order valence-corrected chi connectivity index (χ4v) is 3.28. The SMILES string of the molecule is CCCN(C(N)=O)c1ccc(Oc2ccnc3cc(OC)c(OC)cc23)cc1Cl. The Bertz CT molecular complexity index is 1040. The Morgan fingerprint density at radius 3 is 2.45 bits per heavy atom. The molecular formula is C21H22ClN3O4. The molecule has 3 rings (SSSR count). The molecule has 0 bridgehead atoms. The molecule has 0 unspecified atom stereocenters. The topological polar surface area (TPSA) is 86.9 Å². The first kappa shape index (κ1) is 20.5. The molecule has 7 nitrogen and oxygen atoms in total. The van der Waals surface area contributed by atoms with Crippen molar-refractivity contribution >= 4 is 34.2 Å². The molecule has 8 heteroatoms. The highest BCUT2D eigenvalue weighted by Gasteiger charge is 2.16. The van der Waals surface area contributed by atoms with Gasteiger partial charge in [-0.1, -0.05) is 18.5 Å². The van der Waals surface area contributed by atoms with E-state index < -0.39 is 6.03 Å². The molecule has 0 saturated heterocycles. The van der Waals surface area contributed by atoms with Crippen LogP contribution in [0.5, 0.6) is 23.0 Å². The van der Waals surface area contributed by atoms with Gasteiger partial charge in [-0.2, -0.15) is 0 Å². The lowest BCUT2D eigenvalue weighted by Gasteiger charge is -2.21. The van der Waals surface area contributed by atoms with Crippen LogP contribution in [0.1, 0.15) is 13.3 Å². The largest absolute Gasteiger partial charge is 0.493 e. The number of hydrogen-bond donors (Lipinski definition) is 1. The quantitative estimate of drug-likeness (QED) is 0.587. The fraction of sp³-hybridized carbons (Fsp3) is 0.238. The van der Waals surface area contributed by atoms with Crippen molar-refractivity contribution in [1.29, 1.82) is 0 Å². The molecule has 0 aliphatic heterocycles. The van der Waals surface area contributed by atoms with Gasteiger partial charge in [-0.15, -0.1) is 0 Å². The van der Waals surface area contributed by atoms with Crippen LogP contribution in [-0.4, -0.2) is 31.8 Å². The second-order valence-electron chi connectivity index (χ2n) is 6.24. The Morgan fingerprint density at radius 1 is 1.10 bits per heavy atom. The van der Waals surface area contributed by atoms with E-state index in [1.807, 2.05) is 13.0 Å². The Balaban J connectivity index is 1.97. The van der Waals surface area contributed by atoms with Crippen LogP contribution in [0, 0.1) is 0 Å². The van der Waals surface area contributed by atoms with E-state index in [1.165, 1.54) is 4.90 Å². The first-order chi connectivity index (χ1) is 14.0. The van der Waals surface area contributed by atoms with Gasteiger partial charge in [0.1, 0.15) is 11.5 Å². The molecule has 0 fully saturated rings. The molecule has 1 aromatic heterocycles. The number of aromatic nitrogens is 1. The molecule has 0 saturated carbocycles. The molecule has 2 N–H and O–H groups in total. The number of urea groups is 1. The highest BCUT2D eigenvalue weighted by atomic mass is 35.5. The molecule has 152 valence electrons. The highest BCUT2D eigenvalue weighted by Crippen LogP contribution is 2.38. The zero-order valence-corrected chi connectivity index (χ0v) is 17.2. The summed E-state index contributed by atoms with van der Waals surface area (Å²) in [5, 5.41) is 1.13. The number of pyridine rings is 1. The van der Waals surface area contributed by atoms with E-state index in [4.69, 9.17) is 31.5 Å². The summed E-state index contributed by atoms with van der Waals surface area (Å²) in [6.45, 7) is 2.44. The summed E-state index contributed by atoms with van der Waals surface area (Å²) in [4.78, 5) is 17.5. The molecule has 29 heavy (non-hydrogen) atoms. The summed E-state index contributed by atoms with van der Waals surface area (Å²) in [6.07, 6.45) is 2.40. The lowest BCUT2D eigenvalue weighted by atomic mass is 10.2. The molecule has 0 aliphatic carbocycles. The molecule has 2 amide bonds. The van der Waals surface area contributed by atoms with E-state index in [1.54, 1.807) is 50.7 Å². The number of methoxy groups -OCH3 is 2. The van der Waals surface area contributed by atoms with Gasteiger partial charge in [0.2, 0.25) is 0 Å². The number of halogens is 1. The van der Waals surface area contributed by atoms with Crippen molar-refractivity contribution in [2.75, 3.05) is 25.7 Å². The van der Waals surface area contributed by atoms with Crippen LogP contribution in [0.25, 0.3) is 10.9 Å². The maximum absolute atomic E-state index is 11.7. The number of primary amides is 1. The highest BCUT2D eigenvalue weighted by molar-refractivity contribution is 6.34. The number of rotatable bonds is 7. The van der Waals surface area contributed by atoms with Crippen molar-refractivity contribution in [2.24, 2.45) is 5.73 Å². The number of nitrogens with two attached hydrogens (primary N) is 1. The molecule has 0 spiro atoms. The van der Waals surface area contributed by atoms with Crippen LogP contribution in [0.15, 0.2) is 42.6 Å². The number of carbonyl (C=O) groups is 1. The van der Waals surface area contributed by atoms with E-state index in [-0.39, 0.29) is 0 Å². The Morgan fingerprint density at radius 2 is 1.83 bits per heavy atom. The minimum Gasteiger partial charge on any atom is -0.493 e. The van der Waals surface area contributed by atoms with E-state index in [9.17, 15) is 4.79 Å². The normalized spacial score (nSPS) is 10.6. The Hall–Kier alpha value is -3.19. The van der Waals surface area contributed by atoms with Gasteiger partial charge in [-0.3, -0.25) is 9.88 Å². The van der Waals surface area contributed by atoms with E-state index >= 15 is 0 Å². The second-order valence-corrected chi connectivity index (χ2v) is 6.65. The minimum absolute atomic E-state index is 0.368. The molecule has 0 atom stereocenters.